The second kappa shape index (κ2) is 10.7. The van der Waals surface area contributed by atoms with E-state index >= 15 is 4.39 Å². The second-order valence-corrected chi connectivity index (χ2v) is 8.00. The van der Waals surface area contributed by atoms with E-state index in [1.807, 2.05) is 25.1 Å². The number of fused-ring (bicyclic) bond motifs is 1. The minimum atomic E-state index is -0.778. The van der Waals surface area contributed by atoms with Crippen LogP contribution in [0.5, 0.6) is 5.75 Å². The quantitative estimate of drug-likeness (QED) is 0.319. The summed E-state index contributed by atoms with van der Waals surface area (Å²) in [6.45, 7) is 4.11. The van der Waals surface area contributed by atoms with Crippen molar-refractivity contribution in [3.8, 4) is 16.9 Å². The molecule has 8 heteroatoms. The van der Waals surface area contributed by atoms with E-state index in [0.717, 1.165) is 12.0 Å². The van der Waals surface area contributed by atoms with Crippen molar-refractivity contribution in [1.82, 2.24) is 4.98 Å². The van der Waals surface area contributed by atoms with Gasteiger partial charge in [-0.2, -0.15) is 4.39 Å². The number of aromatic nitrogens is 1. The fraction of sp³-hybridized carbons (Fsp3) is 0.259. The zero-order chi connectivity index (χ0) is 24.9. The van der Waals surface area contributed by atoms with Crippen LogP contribution in [0, 0.1) is 11.8 Å². The molecule has 2 aromatic carbocycles. The molecule has 4 rings (SSSR count). The zero-order valence-electron chi connectivity index (χ0n) is 19.6. The van der Waals surface area contributed by atoms with Crippen LogP contribution < -0.4 is 10.5 Å². The molecule has 6 nitrogen and oxygen atoms in total. The van der Waals surface area contributed by atoms with Crippen LogP contribution in [-0.2, 0) is 35.5 Å². The minimum Gasteiger partial charge on any atom is -0.489 e. The van der Waals surface area contributed by atoms with Crippen molar-refractivity contribution in [2.24, 2.45) is 5.73 Å². The number of hydrogen-bond acceptors (Lipinski definition) is 6. The highest BCUT2D eigenvalue weighted by Gasteiger charge is 2.18. The molecule has 0 fully saturated rings. The van der Waals surface area contributed by atoms with Gasteiger partial charge in [0.15, 0.2) is 5.82 Å². The summed E-state index contributed by atoms with van der Waals surface area (Å²) in [5, 5.41) is 0.471. The van der Waals surface area contributed by atoms with Gasteiger partial charge in [-0.25, -0.2) is 4.39 Å². The van der Waals surface area contributed by atoms with E-state index in [1.165, 1.54) is 18.3 Å². The largest absolute Gasteiger partial charge is 0.489 e. The maximum atomic E-state index is 15.0. The number of carbonyl (C=O) groups excluding carboxylic acids is 1. The van der Waals surface area contributed by atoms with Crippen molar-refractivity contribution in [2.45, 2.75) is 39.8 Å². The Bertz CT molecular complexity index is 1370. The first-order valence-corrected chi connectivity index (χ1v) is 11.4. The van der Waals surface area contributed by atoms with Gasteiger partial charge in [-0.15, -0.1) is 0 Å². The van der Waals surface area contributed by atoms with Crippen LogP contribution in [0.4, 0.5) is 8.78 Å². The molecule has 2 aromatic heterocycles. The van der Waals surface area contributed by atoms with Crippen LogP contribution in [0.2, 0.25) is 0 Å². The lowest BCUT2D eigenvalue weighted by Crippen LogP contribution is -2.09. The van der Waals surface area contributed by atoms with Gasteiger partial charge in [0.25, 0.3) is 6.01 Å². The van der Waals surface area contributed by atoms with Gasteiger partial charge in [-0.05, 0) is 48.7 Å². The number of nitrogens with two attached hydrogens (primary N) is 1. The first kappa shape index (κ1) is 24.3. The Kier molecular flexibility index (Phi) is 7.41. The summed E-state index contributed by atoms with van der Waals surface area (Å²) in [5.41, 5.74) is 8.92. The zero-order valence-corrected chi connectivity index (χ0v) is 19.6. The van der Waals surface area contributed by atoms with Crippen molar-refractivity contribution in [3.05, 3.63) is 82.9 Å². The Hall–Kier alpha value is -3.78. The summed E-state index contributed by atoms with van der Waals surface area (Å²) < 4.78 is 45.5. The maximum absolute atomic E-state index is 15.0. The molecule has 0 spiro atoms. The lowest BCUT2D eigenvalue weighted by molar-refractivity contribution is -0.142. The lowest BCUT2D eigenvalue weighted by Gasteiger charge is -2.14. The smallest absolute Gasteiger partial charge is 0.310 e. The first-order valence-electron chi connectivity index (χ1n) is 11.4. The van der Waals surface area contributed by atoms with Gasteiger partial charge in [0.2, 0.25) is 0 Å². The van der Waals surface area contributed by atoms with Gasteiger partial charge in [0.05, 0.1) is 18.7 Å². The van der Waals surface area contributed by atoms with Crippen molar-refractivity contribution < 1.29 is 27.5 Å². The van der Waals surface area contributed by atoms with Crippen LogP contribution in [-0.4, -0.2) is 17.6 Å². The third kappa shape index (κ3) is 5.33. The number of benzene rings is 2. The van der Waals surface area contributed by atoms with Gasteiger partial charge in [0.1, 0.15) is 17.9 Å². The fourth-order valence-electron chi connectivity index (χ4n) is 3.93. The molecular weight excluding hydrogens is 454 g/mol. The molecule has 0 radical (unpaired) electrons. The maximum Gasteiger partial charge on any atom is 0.310 e. The molecule has 182 valence electrons. The Labute approximate surface area is 201 Å². The summed E-state index contributed by atoms with van der Waals surface area (Å²) in [6.07, 6.45) is 2.33. The number of esters is 1. The van der Waals surface area contributed by atoms with Gasteiger partial charge in [-0.1, -0.05) is 19.1 Å². The third-order valence-electron chi connectivity index (χ3n) is 5.67. The molecule has 0 aliphatic carbocycles. The number of ether oxygens (including phenoxy) is 2. The highest BCUT2D eigenvalue weighted by atomic mass is 19.1. The molecular formula is C27H26F2N2O4. The van der Waals surface area contributed by atoms with E-state index < -0.39 is 11.8 Å². The SMILES string of the molecule is CCOC(=O)Cc1ccc(CC)cc1OCc1cc(-c2ccnc(CN)c2F)c2oc(F)cc2c1. The average Bonchev–Trinajstić information content (AvgIpc) is 3.23. The molecule has 4 aromatic rings. The number of aryl methyl sites for hydroxylation is 1. The van der Waals surface area contributed by atoms with Crippen LogP contribution >= 0.6 is 0 Å². The number of rotatable bonds is 9. The Morgan fingerprint density at radius 2 is 1.89 bits per heavy atom. The highest BCUT2D eigenvalue weighted by Crippen LogP contribution is 2.34. The predicted octanol–water partition coefficient (Wildman–Crippen LogP) is 5.48. The first-order chi connectivity index (χ1) is 16.9. The van der Waals surface area contributed by atoms with Crippen molar-refractivity contribution >= 4 is 16.9 Å². The number of halogens is 2. The molecule has 2 N–H and O–H groups in total. The second-order valence-electron chi connectivity index (χ2n) is 8.00. The Balaban J connectivity index is 1.70. The summed E-state index contributed by atoms with van der Waals surface area (Å²) in [7, 11) is 0. The van der Waals surface area contributed by atoms with Crippen LogP contribution in [0.1, 0.15) is 36.2 Å². The van der Waals surface area contributed by atoms with E-state index in [-0.39, 0.29) is 42.4 Å². The third-order valence-corrected chi connectivity index (χ3v) is 5.67. The predicted molar refractivity (Wildman–Crippen MR) is 128 cm³/mol. The monoisotopic (exact) mass is 480 g/mol. The summed E-state index contributed by atoms with van der Waals surface area (Å²) in [5.74, 6) is -0.375. The van der Waals surface area contributed by atoms with Gasteiger partial charge >= 0.3 is 5.97 Å². The van der Waals surface area contributed by atoms with Gasteiger partial charge < -0.3 is 19.6 Å². The van der Waals surface area contributed by atoms with Crippen molar-refractivity contribution in [2.75, 3.05) is 6.61 Å². The highest BCUT2D eigenvalue weighted by molar-refractivity contribution is 5.93. The van der Waals surface area contributed by atoms with E-state index in [0.29, 0.717) is 34.4 Å². The topological polar surface area (TPSA) is 87.6 Å². The Morgan fingerprint density at radius 1 is 1.06 bits per heavy atom. The number of hydrogen-bond donors (Lipinski definition) is 1. The minimum absolute atomic E-state index is 0.0743. The summed E-state index contributed by atoms with van der Waals surface area (Å²) in [4.78, 5) is 16.0. The van der Waals surface area contributed by atoms with Gasteiger partial charge in [-0.3, -0.25) is 9.78 Å². The number of nitrogens with zero attached hydrogens (tertiary/aromatic N) is 1. The van der Waals surface area contributed by atoms with Crippen molar-refractivity contribution in [3.63, 3.8) is 0 Å². The Morgan fingerprint density at radius 3 is 2.63 bits per heavy atom. The normalized spacial score (nSPS) is 11.1. The van der Waals surface area contributed by atoms with E-state index in [9.17, 15) is 9.18 Å². The number of carbonyl (C=O) groups is 1. The molecule has 0 unspecified atom stereocenters. The molecule has 0 aliphatic heterocycles. The molecule has 0 saturated carbocycles. The molecule has 2 heterocycles. The number of pyridine rings is 1. The lowest BCUT2D eigenvalue weighted by atomic mass is 10.00. The van der Waals surface area contributed by atoms with Crippen molar-refractivity contribution in [1.29, 1.82) is 0 Å². The van der Waals surface area contributed by atoms with E-state index in [2.05, 4.69) is 4.98 Å². The molecule has 0 aliphatic rings. The molecule has 35 heavy (non-hydrogen) atoms. The average molecular weight is 481 g/mol. The summed E-state index contributed by atoms with van der Waals surface area (Å²) in [6, 6.07) is 11.1. The van der Waals surface area contributed by atoms with E-state index in [1.54, 1.807) is 19.1 Å². The molecule has 0 bridgehead atoms. The summed E-state index contributed by atoms with van der Waals surface area (Å²) >= 11 is 0. The van der Waals surface area contributed by atoms with Crippen LogP contribution in [0.3, 0.4) is 0 Å². The van der Waals surface area contributed by atoms with Crippen LogP contribution in [0.15, 0.2) is 53.1 Å². The number of furan rings is 1. The van der Waals surface area contributed by atoms with E-state index in [4.69, 9.17) is 19.6 Å². The molecule has 0 atom stereocenters. The fourth-order valence-corrected chi connectivity index (χ4v) is 3.93. The standard InChI is InChI=1S/C27H26F2N2O4/c1-3-16-5-6-18(13-25(32)33-4-2)23(11-16)34-15-17-9-19-12-24(28)35-27(19)21(10-17)20-7-8-31-22(14-30)26(20)29/h5-12H,3-4,13-15,30H2,1-2H3. The molecule has 0 amide bonds. The van der Waals surface area contributed by atoms with Gasteiger partial charge in [0, 0.05) is 40.9 Å². The van der Waals surface area contributed by atoms with Crippen LogP contribution in [0.25, 0.3) is 22.1 Å². The molecule has 0 saturated heterocycles.